The van der Waals surface area contributed by atoms with Crippen molar-refractivity contribution in [1.82, 2.24) is 25.2 Å². The molecule has 0 radical (unpaired) electrons. The number of aromatic nitrogens is 3. The first-order valence-corrected chi connectivity index (χ1v) is 11.2. The number of carbonyl (C=O) groups is 1. The van der Waals surface area contributed by atoms with Crippen molar-refractivity contribution in [3.8, 4) is 24.0 Å². The molecule has 1 N–H and O–H groups in total. The van der Waals surface area contributed by atoms with Gasteiger partial charge in [0.2, 0.25) is 0 Å². The van der Waals surface area contributed by atoms with Crippen molar-refractivity contribution in [2.24, 2.45) is 0 Å². The zero-order chi connectivity index (χ0) is 24.5. The van der Waals surface area contributed by atoms with E-state index in [-0.39, 0.29) is 34.9 Å². The van der Waals surface area contributed by atoms with E-state index in [1.54, 1.807) is 6.20 Å². The standard InChI is InChI=1S/C24H29FN6O3/c1-6-16-14-30(20-13-26-18(12-27-20)22(32)29-24(3,4)5)7-8-31(16)15(2)21-17(25)11-19-23(28-21)34-10-9-33-19/h1,11-13,15-16H,7-10,14H2,2-5H3,(H,29,32)/t15-,16-/m0/s1. The molecule has 4 rings (SSSR count). The average molecular weight is 469 g/mol. The highest BCUT2D eigenvalue weighted by atomic mass is 19.1. The SMILES string of the molecule is C#C[C@H]1CN(c2cnc(C(=O)NC(C)(C)C)cn2)CCN1[C@@H](C)c1nc2c(cc1F)OCCO2. The number of hydrogen-bond acceptors (Lipinski definition) is 8. The maximum Gasteiger partial charge on any atom is 0.271 e. The third kappa shape index (κ3) is 5.04. The second-order valence-electron chi connectivity index (χ2n) is 9.36. The Hall–Kier alpha value is -3.45. The summed E-state index contributed by atoms with van der Waals surface area (Å²) in [4.78, 5) is 29.4. The smallest absolute Gasteiger partial charge is 0.271 e. The van der Waals surface area contributed by atoms with Crippen molar-refractivity contribution < 1.29 is 18.7 Å². The van der Waals surface area contributed by atoms with E-state index in [1.165, 1.54) is 12.3 Å². The molecule has 1 fully saturated rings. The first kappa shape index (κ1) is 23.7. The molecule has 1 saturated heterocycles. The van der Waals surface area contributed by atoms with Crippen LogP contribution in [0.4, 0.5) is 10.2 Å². The van der Waals surface area contributed by atoms with Crippen molar-refractivity contribution in [1.29, 1.82) is 0 Å². The van der Waals surface area contributed by atoms with Gasteiger partial charge in [-0.2, -0.15) is 0 Å². The Morgan fingerprint density at radius 1 is 1.26 bits per heavy atom. The molecule has 9 nitrogen and oxygen atoms in total. The summed E-state index contributed by atoms with van der Waals surface area (Å²) >= 11 is 0. The van der Waals surface area contributed by atoms with Gasteiger partial charge >= 0.3 is 0 Å². The number of piperazine rings is 1. The van der Waals surface area contributed by atoms with Crippen LogP contribution >= 0.6 is 0 Å². The number of terminal acetylenes is 1. The van der Waals surface area contributed by atoms with E-state index in [1.807, 2.05) is 37.5 Å². The predicted octanol–water partition coefficient (Wildman–Crippen LogP) is 2.20. The summed E-state index contributed by atoms with van der Waals surface area (Å²) in [6.07, 6.45) is 8.89. The number of halogens is 1. The molecule has 0 unspecified atom stereocenters. The Balaban J connectivity index is 1.46. The molecule has 0 aliphatic carbocycles. The van der Waals surface area contributed by atoms with Gasteiger partial charge in [-0.3, -0.25) is 9.69 Å². The lowest BCUT2D eigenvalue weighted by Crippen LogP contribution is -2.53. The van der Waals surface area contributed by atoms with Gasteiger partial charge in [0, 0.05) is 31.2 Å². The van der Waals surface area contributed by atoms with Gasteiger partial charge in [-0.05, 0) is 27.7 Å². The Labute approximate surface area is 198 Å². The third-order valence-corrected chi connectivity index (χ3v) is 5.71. The van der Waals surface area contributed by atoms with E-state index in [2.05, 4.69) is 26.2 Å². The maximum absolute atomic E-state index is 14.8. The molecule has 2 aliphatic heterocycles. The first-order chi connectivity index (χ1) is 16.2. The molecule has 0 bridgehead atoms. The number of hydrogen-bond donors (Lipinski definition) is 1. The molecule has 1 amide bonds. The monoisotopic (exact) mass is 468 g/mol. The molecule has 0 saturated carbocycles. The van der Waals surface area contributed by atoms with E-state index >= 15 is 0 Å². The fourth-order valence-electron chi connectivity index (χ4n) is 4.04. The highest BCUT2D eigenvalue weighted by Crippen LogP contribution is 2.34. The number of amides is 1. The quantitative estimate of drug-likeness (QED) is 0.683. The lowest BCUT2D eigenvalue weighted by atomic mass is 10.1. The van der Waals surface area contributed by atoms with Gasteiger partial charge in [0.05, 0.1) is 30.2 Å². The average Bonchev–Trinajstić information content (AvgIpc) is 2.81. The summed E-state index contributed by atoms with van der Waals surface area (Å²) in [6.45, 7) is 9.99. The molecule has 2 aliphatic rings. The van der Waals surface area contributed by atoms with Gasteiger partial charge in [0.15, 0.2) is 5.75 Å². The fourth-order valence-corrected chi connectivity index (χ4v) is 4.04. The molecule has 4 heterocycles. The van der Waals surface area contributed by atoms with Crippen molar-refractivity contribution in [3.05, 3.63) is 35.7 Å². The van der Waals surface area contributed by atoms with Gasteiger partial charge in [0.1, 0.15) is 30.5 Å². The normalized spacial score (nSPS) is 19.3. The minimum atomic E-state index is -0.454. The Bertz CT molecular complexity index is 1100. The van der Waals surface area contributed by atoms with Crippen molar-refractivity contribution >= 4 is 11.7 Å². The maximum atomic E-state index is 14.8. The summed E-state index contributed by atoms with van der Waals surface area (Å²) in [6, 6.07) is 0.652. The fraction of sp³-hybridized carbons (Fsp3) is 0.500. The minimum Gasteiger partial charge on any atom is -0.484 e. The van der Waals surface area contributed by atoms with Gasteiger partial charge in [-0.25, -0.2) is 19.3 Å². The second kappa shape index (κ2) is 9.43. The molecular weight excluding hydrogens is 439 g/mol. The number of nitrogens with zero attached hydrogens (tertiary/aromatic N) is 5. The molecule has 2 aromatic heterocycles. The lowest BCUT2D eigenvalue weighted by Gasteiger charge is -2.42. The number of pyridine rings is 1. The van der Waals surface area contributed by atoms with Gasteiger partial charge in [-0.15, -0.1) is 6.42 Å². The van der Waals surface area contributed by atoms with Crippen LogP contribution in [0, 0.1) is 18.2 Å². The summed E-state index contributed by atoms with van der Waals surface area (Å²) in [5, 5.41) is 2.87. The van der Waals surface area contributed by atoms with Crippen molar-refractivity contribution in [3.63, 3.8) is 0 Å². The molecular formula is C24H29FN6O3. The zero-order valence-electron chi connectivity index (χ0n) is 19.8. The van der Waals surface area contributed by atoms with E-state index in [0.717, 1.165) is 0 Å². The van der Waals surface area contributed by atoms with E-state index in [9.17, 15) is 9.18 Å². The van der Waals surface area contributed by atoms with Crippen LogP contribution < -0.4 is 19.7 Å². The Morgan fingerprint density at radius 2 is 2.03 bits per heavy atom. The van der Waals surface area contributed by atoms with Gasteiger partial charge in [-0.1, -0.05) is 5.92 Å². The summed E-state index contributed by atoms with van der Waals surface area (Å²) in [5.74, 6) is 3.32. The van der Waals surface area contributed by atoms with Gasteiger partial charge < -0.3 is 19.7 Å². The molecule has 2 aromatic rings. The van der Waals surface area contributed by atoms with Crippen LogP contribution in [-0.2, 0) is 0 Å². The van der Waals surface area contributed by atoms with E-state index in [4.69, 9.17) is 15.9 Å². The molecule has 10 heteroatoms. The largest absolute Gasteiger partial charge is 0.484 e. The summed E-state index contributed by atoms with van der Waals surface area (Å²) in [7, 11) is 0. The second-order valence-corrected chi connectivity index (χ2v) is 9.36. The number of anilines is 1. The van der Waals surface area contributed by atoms with Crippen LogP contribution in [0.2, 0.25) is 0 Å². The summed E-state index contributed by atoms with van der Waals surface area (Å²) in [5.41, 5.74) is 0.155. The number of nitrogens with one attached hydrogen (secondary N) is 1. The van der Waals surface area contributed by atoms with Crippen LogP contribution in [0.5, 0.6) is 11.6 Å². The van der Waals surface area contributed by atoms with Crippen molar-refractivity contribution in [2.75, 3.05) is 37.7 Å². The minimum absolute atomic E-state index is 0.250. The Kier molecular flexibility index (Phi) is 6.57. The van der Waals surface area contributed by atoms with Crippen LogP contribution in [0.3, 0.4) is 0 Å². The van der Waals surface area contributed by atoms with Crippen LogP contribution in [0.15, 0.2) is 18.5 Å². The van der Waals surface area contributed by atoms with E-state index in [0.29, 0.717) is 50.3 Å². The number of rotatable bonds is 4. The molecule has 0 aromatic carbocycles. The van der Waals surface area contributed by atoms with Gasteiger partial charge in [0.25, 0.3) is 11.8 Å². The van der Waals surface area contributed by atoms with Crippen molar-refractivity contribution in [2.45, 2.75) is 45.3 Å². The lowest BCUT2D eigenvalue weighted by molar-refractivity contribution is 0.0914. The third-order valence-electron chi connectivity index (χ3n) is 5.71. The highest BCUT2D eigenvalue weighted by Gasteiger charge is 2.33. The number of ether oxygens (including phenoxy) is 2. The van der Waals surface area contributed by atoms with Crippen LogP contribution in [-0.4, -0.2) is 70.2 Å². The van der Waals surface area contributed by atoms with Crippen LogP contribution in [0.1, 0.15) is 49.9 Å². The molecule has 180 valence electrons. The Morgan fingerprint density at radius 3 is 2.71 bits per heavy atom. The van der Waals surface area contributed by atoms with Crippen LogP contribution in [0.25, 0.3) is 0 Å². The zero-order valence-corrected chi connectivity index (χ0v) is 19.8. The number of fused-ring (bicyclic) bond motifs is 1. The first-order valence-electron chi connectivity index (χ1n) is 11.2. The van der Waals surface area contributed by atoms with E-state index < -0.39 is 5.82 Å². The predicted molar refractivity (Wildman–Crippen MR) is 124 cm³/mol. The number of carbonyl (C=O) groups excluding carboxylic acids is 1. The topological polar surface area (TPSA) is 92.7 Å². The summed E-state index contributed by atoms with van der Waals surface area (Å²) < 4.78 is 25.8. The molecule has 0 spiro atoms. The molecule has 2 atom stereocenters. The highest BCUT2D eigenvalue weighted by molar-refractivity contribution is 5.92. The molecule has 34 heavy (non-hydrogen) atoms.